The molecule has 1 aromatic carbocycles. The number of methoxy groups -OCH3 is 1. The predicted molar refractivity (Wildman–Crippen MR) is 121 cm³/mol. The minimum atomic E-state index is -0.0253. The Balaban J connectivity index is 1.39. The zero-order chi connectivity index (χ0) is 22.9. The zero-order valence-electron chi connectivity index (χ0n) is 18.9. The Labute approximate surface area is 192 Å². The van der Waals surface area contributed by atoms with E-state index in [0.717, 1.165) is 23.4 Å². The van der Waals surface area contributed by atoms with E-state index in [4.69, 9.17) is 9.47 Å². The van der Waals surface area contributed by atoms with Crippen molar-refractivity contribution in [3.8, 4) is 17.3 Å². The lowest BCUT2D eigenvalue weighted by molar-refractivity contribution is 0.0784. The normalized spacial score (nSPS) is 19.4. The van der Waals surface area contributed by atoms with Crippen LogP contribution >= 0.6 is 0 Å². The number of carbonyl (C=O) groups excluding carboxylic acids is 1. The standard InChI is InChI=1S/C24H26N6O3/c1-4-33-19-5-6-20(21(11-19)30-26-7-8-27-30)24(31)29-13-17-9-16(10-18(17)14-29)22-23(32-3)25-12-15(2)28-22/h5-9,11-12,17-18H,4,10,13-14H2,1-3H3. The second kappa shape index (κ2) is 8.65. The third-order valence-electron chi connectivity index (χ3n) is 6.18. The molecular weight excluding hydrogens is 420 g/mol. The molecule has 5 rings (SSSR count). The van der Waals surface area contributed by atoms with Gasteiger partial charge in [-0.15, -0.1) is 0 Å². The van der Waals surface area contributed by atoms with E-state index in [1.165, 1.54) is 4.80 Å². The number of benzene rings is 1. The Morgan fingerprint density at radius 1 is 1.21 bits per heavy atom. The van der Waals surface area contributed by atoms with Gasteiger partial charge < -0.3 is 14.4 Å². The highest BCUT2D eigenvalue weighted by molar-refractivity contribution is 5.98. The molecule has 1 fully saturated rings. The van der Waals surface area contributed by atoms with Crippen LogP contribution in [-0.4, -0.2) is 62.6 Å². The molecule has 1 amide bonds. The summed E-state index contributed by atoms with van der Waals surface area (Å²) < 4.78 is 11.0. The Morgan fingerprint density at radius 3 is 2.76 bits per heavy atom. The zero-order valence-corrected chi connectivity index (χ0v) is 18.9. The van der Waals surface area contributed by atoms with Crippen molar-refractivity contribution in [3.05, 3.63) is 59.8 Å². The molecule has 1 aliphatic carbocycles. The summed E-state index contributed by atoms with van der Waals surface area (Å²) in [5.41, 5.74) is 3.99. The number of hydrogen-bond acceptors (Lipinski definition) is 7. The van der Waals surface area contributed by atoms with E-state index < -0.39 is 0 Å². The molecule has 1 saturated heterocycles. The van der Waals surface area contributed by atoms with E-state index in [1.807, 2.05) is 30.9 Å². The van der Waals surface area contributed by atoms with Gasteiger partial charge in [0.25, 0.3) is 5.91 Å². The van der Waals surface area contributed by atoms with Gasteiger partial charge in [0, 0.05) is 19.2 Å². The molecule has 2 unspecified atom stereocenters. The number of carbonyl (C=O) groups is 1. The van der Waals surface area contributed by atoms with Gasteiger partial charge in [-0.1, -0.05) is 6.08 Å². The molecule has 2 aliphatic rings. The average Bonchev–Trinajstić information content (AvgIpc) is 3.55. The fourth-order valence-corrected chi connectivity index (χ4v) is 4.70. The number of rotatable bonds is 6. The van der Waals surface area contributed by atoms with Crippen LogP contribution < -0.4 is 9.47 Å². The van der Waals surface area contributed by atoms with Gasteiger partial charge in [0.1, 0.15) is 17.1 Å². The van der Waals surface area contributed by atoms with Crippen LogP contribution in [0.5, 0.6) is 11.6 Å². The van der Waals surface area contributed by atoms with Gasteiger partial charge in [-0.05, 0) is 49.8 Å². The first-order valence-corrected chi connectivity index (χ1v) is 11.1. The molecule has 9 nitrogen and oxygen atoms in total. The number of nitrogens with zero attached hydrogens (tertiary/aromatic N) is 6. The monoisotopic (exact) mass is 446 g/mol. The quantitative estimate of drug-likeness (QED) is 0.574. The SMILES string of the molecule is CCOc1ccc(C(=O)N2CC3C=C(c4nc(C)cnc4OC)CC3C2)c(-n2nccn2)c1. The second-order valence-corrected chi connectivity index (χ2v) is 8.33. The number of aryl methyl sites for hydroxylation is 1. The van der Waals surface area contributed by atoms with Gasteiger partial charge in [0.05, 0.1) is 43.6 Å². The number of hydrogen-bond donors (Lipinski definition) is 0. The van der Waals surface area contributed by atoms with E-state index in [9.17, 15) is 4.79 Å². The summed E-state index contributed by atoms with van der Waals surface area (Å²) in [6.07, 6.45) is 7.98. The van der Waals surface area contributed by atoms with E-state index >= 15 is 0 Å². The molecule has 2 aromatic heterocycles. The maximum absolute atomic E-state index is 13.5. The summed E-state index contributed by atoms with van der Waals surface area (Å²) in [6, 6.07) is 5.43. The molecule has 33 heavy (non-hydrogen) atoms. The smallest absolute Gasteiger partial charge is 0.256 e. The van der Waals surface area contributed by atoms with E-state index in [-0.39, 0.29) is 11.8 Å². The van der Waals surface area contributed by atoms with E-state index in [0.29, 0.717) is 48.5 Å². The molecule has 3 aromatic rings. The minimum absolute atomic E-state index is 0.0253. The molecule has 0 radical (unpaired) electrons. The number of likely N-dealkylation sites (tertiary alicyclic amines) is 1. The Hall–Kier alpha value is -3.75. The molecule has 0 bridgehead atoms. The minimum Gasteiger partial charge on any atom is -0.494 e. The first kappa shape index (κ1) is 21.1. The highest BCUT2D eigenvalue weighted by Crippen LogP contribution is 2.42. The third kappa shape index (κ3) is 3.94. The summed E-state index contributed by atoms with van der Waals surface area (Å²) in [5.74, 6) is 1.84. The van der Waals surface area contributed by atoms with Crippen molar-refractivity contribution in [1.29, 1.82) is 0 Å². The number of ether oxygens (including phenoxy) is 2. The summed E-state index contributed by atoms with van der Waals surface area (Å²) in [6.45, 7) is 5.74. The maximum atomic E-state index is 13.5. The molecule has 9 heteroatoms. The molecule has 0 saturated carbocycles. The van der Waals surface area contributed by atoms with Crippen LogP contribution in [0.1, 0.15) is 35.1 Å². The summed E-state index contributed by atoms with van der Waals surface area (Å²) >= 11 is 0. The van der Waals surface area contributed by atoms with Crippen LogP contribution in [0.4, 0.5) is 0 Å². The topological polar surface area (TPSA) is 95.3 Å². The third-order valence-corrected chi connectivity index (χ3v) is 6.18. The maximum Gasteiger partial charge on any atom is 0.256 e. The van der Waals surface area contributed by atoms with Gasteiger partial charge in [0.2, 0.25) is 5.88 Å². The van der Waals surface area contributed by atoms with Crippen LogP contribution in [0.2, 0.25) is 0 Å². The molecule has 170 valence electrons. The van der Waals surface area contributed by atoms with Crippen LogP contribution in [0.15, 0.2) is 42.9 Å². The lowest BCUT2D eigenvalue weighted by atomic mass is 9.99. The molecular formula is C24H26N6O3. The van der Waals surface area contributed by atoms with Gasteiger partial charge in [-0.3, -0.25) is 4.79 Å². The Morgan fingerprint density at radius 2 is 2.03 bits per heavy atom. The van der Waals surface area contributed by atoms with Crippen LogP contribution in [-0.2, 0) is 0 Å². The molecule has 0 N–H and O–H groups in total. The van der Waals surface area contributed by atoms with Gasteiger partial charge >= 0.3 is 0 Å². The van der Waals surface area contributed by atoms with Crippen molar-refractivity contribution in [2.45, 2.75) is 20.3 Å². The van der Waals surface area contributed by atoms with Crippen LogP contribution in [0.25, 0.3) is 11.3 Å². The van der Waals surface area contributed by atoms with Gasteiger partial charge in [0.15, 0.2) is 0 Å². The lowest BCUT2D eigenvalue weighted by Crippen LogP contribution is -2.30. The average molecular weight is 447 g/mol. The predicted octanol–water partition coefficient (Wildman–Crippen LogP) is 2.95. The van der Waals surface area contributed by atoms with Gasteiger partial charge in [-0.2, -0.15) is 15.0 Å². The van der Waals surface area contributed by atoms with Crippen molar-refractivity contribution in [2.75, 3.05) is 26.8 Å². The van der Waals surface area contributed by atoms with Gasteiger partial charge in [-0.25, -0.2) is 9.97 Å². The molecule has 2 atom stereocenters. The molecule has 0 spiro atoms. The molecule has 1 aliphatic heterocycles. The van der Waals surface area contributed by atoms with Crippen molar-refractivity contribution in [1.82, 2.24) is 29.9 Å². The first-order chi connectivity index (χ1) is 16.1. The number of allylic oxidation sites excluding steroid dienone is 1. The highest BCUT2D eigenvalue weighted by atomic mass is 16.5. The fourth-order valence-electron chi connectivity index (χ4n) is 4.70. The number of fused-ring (bicyclic) bond motifs is 1. The highest BCUT2D eigenvalue weighted by Gasteiger charge is 2.40. The number of amides is 1. The Kier molecular flexibility index (Phi) is 5.53. The second-order valence-electron chi connectivity index (χ2n) is 8.33. The van der Waals surface area contributed by atoms with Crippen molar-refractivity contribution < 1.29 is 14.3 Å². The van der Waals surface area contributed by atoms with E-state index in [2.05, 4.69) is 26.2 Å². The van der Waals surface area contributed by atoms with Crippen molar-refractivity contribution in [3.63, 3.8) is 0 Å². The van der Waals surface area contributed by atoms with Crippen LogP contribution in [0, 0.1) is 18.8 Å². The lowest BCUT2D eigenvalue weighted by Gasteiger charge is -2.19. The largest absolute Gasteiger partial charge is 0.494 e. The fraction of sp³-hybridized carbons (Fsp3) is 0.375. The summed E-state index contributed by atoms with van der Waals surface area (Å²) in [7, 11) is 1.61. The van der Waals surface area contributed by atoms with E-state index in [1.54, 1.807) is 31.8 Å². The number of aromatic nitrogens is 5. The first-order valence-electron chi connectivity index (χ1n) is 11.1. The summed E-state index contributed by atoms with van der Waals surface area (Å²) in [5, 5.41) is 8.45. The summed E-state index contributed by atoms with van der Waals surface area (Å²) in [4.78, 5) is 25.9. The van der Waals surface area contributed by atoms with Crippen molar-refractivity contribution >= 4 is 11.5 Å². The van der Waals surface area contributed by atoms with Crippen LogP contribution in [0.3, 0.4) is 0 Å². The molecule has 3 heterocycles. The van der Waals surface area contributed by atoms with Crippen molar-refractivity contribution in [2.24, 2.45) is 11.8 Å². The Bertz CT molecular complexity index is 1210.